The van der Waals surface area contributed by atoms with E-state index in [4.69, 9.17) is 11.6 Å². The highest BCUT2D eigenvalue weighted by Crippen LogP contribution is 2.35. The summed E-state index contributed by atoms with van der Waals surface area (Å²) in [6.45, 7) is 1.74. The summed E-state index contributed by atoms with van der Waals surface area (Å²) in [6.07, 6.45) is 2.03. The van der Waals surface area contributed by atoms with E-state index in [1.165, 1.54) is 0 Å². The fourth-order valence-electron chi connectivity index (χ4n) is 5.12. The van der Waals surface area contributed by atoms with Crippen molar-refractivity contribution < 1.29 is 9.59 Å². The van der Waals surface area contributed by atoms with E-state index in [1.54, 1.807) is 24.3 Å². The van der Waals surface area contributed by atoms with E-state index in [-0.39, 0.29) is 30.3 Å². The first-order valence-electron chi connectivity index (χ1n) is 11.8. The average molecular weight is 510 g/mol. The van der Waals surface area contributed by atoms with Gasteiger partial charge < -0.3 is 9.80 Å². The fraction of sp³-hybridized carbons (Fsp3) is 0.286. The molecule has 0 aliphatic carbocycles. The molecule has 0 bridgehead atoms. The summed E-state index contributed by atoms with van der Waals surface area (Å²) in [6, 6.07) is 27.0. The van der Waals surface area contributed by atoms with Gasteiger partial charge in [-0.2, -0.15) is 0 Å². The maximum absolute atomic E-state index is 13.6. The highest BCUT2D eigenvalue weighted by Gasteiger charge is 2.51. The number of carbonyl (C=O) groups excluding carboxylic acids is 2. The van der Waals surface area contributed by atoms with Crippen molar-refractivity contribution in [2.75, 3.05) is 13.1 Å². The molecule has 5 nitrogen and oxygen atoms in total. The van der Waals surface area contributed by atoms with Gasteiger partial charge in [-0.3, -0.25) is 14.9 Å². The van der Waals surface area contributed by atoms with Gasteiger partial charge in [0.1, 0.15) is 0 Å². The lowest BCUT2D eigenvalue weighted by molar-refractivity contribution is -0.134. The predicted molar refractivity (Wildman–Crippen MR) is 141 cm³/mol. The molecule has 2 aliphatic heterocycles. The van der Waals surface area contributed by atoms with Crippen molar-refractivity contribution in [3.63, 3.8) is 0 Å². The number of likely N-dealkylation sites (tertiary alicyclic amines) is 1. The highest BCUT2D eigenvalue weighted by molar-refractivity contribution is 6.30. The maximum Gasteiger partial charge on any atom is 0.253 e. The van der Waals surface area contributed by atoms with Gasteiger partial charge in [0.25, 0.3) is 5.91 Å². The summed E-state index contributed by atoms with van der Waals surface area (Å²) >= 11 is 5.98. The molecule has 0 unspecified atom stereocenters. The third-order valence-corrected chi connectivity index (χ3v) is 7.21. The molecule has 35 heavy (non-hydrogen) atoms. The molecule has 2 heterocycles. The molecule has 0 radical (unpaired) electrons. The molecule has 2 aliphatic rings. The number of halogens is 2. The first-order chi connectivity index (χ1) is 16.5. The number of hydrogen-bond donors (Lipinski definition) is 1. The molecule has 1 atom stereocenters. The molecule has 7 heteroatoms. The van der Waals surface area contributed by atoms with Crippen LogP contribution in [0.2, 0.25) is 5.02 Å². The van der Waals surface area contributed by atoms with Gasteiger partial charge in [-0.1, -0.05) is 72.3 Å². The van der Waals surface area contributed by atoms with Crippen LogP contribution in [-0.4, -0.2) is 46.4 Å². The van der Waals surface area contributed by atoms with E-state index in [0.29, 0.717) is 49.5 Å². The van der Waals surface area contributed by atoms with E-state index in [1.807, 2.05) is 46.2 Å². The third-order valence-electron chi connectivity index (χ3n) is 6.96. The Bertz CT molecular complexity index is 1150. The monoisotopic (exact) mass is 509 g/mol. The van der Waals surface area contributed by atoms with Crippen molar-refractivity contribution in [2.24, 2.45) is 0 Å². The van der Waals surface area contributed by atoms with Crippen molar-refractivity contribution in [2.45, 2.75) is 37.5 Å². The minimum Gasteiger partial charge on any atom is -0.338 e. The number of rotatable bonds is 5. The van der Waals surface area contributed by atoms with Gasteiger partial charge in [0, 0.05) is 43.1 Å². The van der Waals surface area contributed by atoms with Crippen LogP contribution < -0.4 is 5.32 Å². The molecule has 1 N–H and O–H groups in total. The van der Waals surface area contributed by atoms with Crippen molar-refractivity contribution in [1.29, 1.82) is 0 Å². The summed E-state index contributed by atoms with van der Waals surface area (Å²) in [5.41, 5.74) is 2.43. The van der Waals surface area contributed by atoms with Gasteiger partial charge in [0.15, 0.2) is 0 Å². The Balaban J connectivity index is 0.00000289. The van der Waals surface area contributed by atoms with Gasteiger partial charge in [0.2, 0.25) is 5.91 Å². The summed E-state index contributed by atoms with van der Waals surface area (Å²) in [5.74, 6) is 0.136. The molecule has 1 spiro atoms. The summed E-state index contributed by atoms with van der Waals surface area (Å²) in [4.78, 5) is 30.6. The molecule has 2 saturated heterocycles. The van der Waals surface area contributed by atoms with Gasteiger partial charge in [-0.15, -0.1) is 12.4 Å². The Morgan fingerprint density at radius 3 is 2.06 bits per heavy atom. The quantitative estimate of drug-likeness (QED) is 0.529. The minimum absolute atomic E-state index is 0. The minimum atomic E-state index is -0.455. The van der Waals surface area contributed by atoms with Crippen LogP contribution in [0.25, 0.3) is 0 Å². The zero-order valence-electron chi connectivity index (χ0n) is 19.4. The molecule has 182 valence electrons. The lowest BCUT2D eigenvalue weighted by atomic mass is 9.94. The van der Waals surface area contributed by atoms with E-state index in [2.05, 4.69) is 29.6 Å². The standard InChI is InChI=1S/C28H28ClN3O2.ClH/c29-24-13-11-23(12-14-24)26(33)31-17-15-28(16-18-31)30-25(19-21-7-3-1-4-8-21)27(34)32(28)20-22-9-5-2-6-10-22;/h1-14,25,30H,15-20H2;1H/t25-;/m0./s1. The van der Waals surface area contributed by atoms with E-state index in [0.717, 1.165) is 11.1 Å². The van der Waals surface area contributed by atoms with Gasteiger partial charge in [0.05, 0.1) is 11.7 Å². The van der Waals surface area contributed by atoms with Crippen LogP contribution in [0.1, 0.15) is 34.3 Å². The van der Waals surface area contributed by atoms with Gasteiger partial charge in [-0.05, 0) is 41.8 Å². The lowest BCUT2D eigenvalue weighted by Gasteiger charge is -2.44. The van der Waals surface area contributed by atoms with E-state index in [9.17, 15) is 9.59 Å². The van der Waals surface area contributed by atoms with Gasteiger partial charge >= 0.3 is 0 Å². The van der Waals surface area contributed by atoms with E-state index >= 15 is 0 Å². The second-order valence-corrected chi connectivity index (χ2v) is 9.56. The normalized spacial score (nSPS) is 19.0. The number of benzene rings is 3. The maximum atomic E-state index is 13.6. The lowest BCUT2D eigenvalue weighted by Crippen LogP contribution is -2.59. The number of hydrogen-bond acceptors (Lipinski definition) is 3. The molecule has 3 aromatic carbocycles. The molecule has 0 saturated carbocycles. The van der Waals surface area contributed by atoms with Crippen LogP contribution in [0, 0.1) is 0 Å². The third kappa shape index (κ3) is 5.37. The fourth-order valence-corrected chi connectivity index (χ4v) is 5.24. The summed E-state index contributed by atoms with van der Waals surface area (Å²) in [5, 5.41) is 4.32. The van der Waals surface area contributed by atoms with Crippen molar-refractivity contribution in [3.05, 3.63) is 107 Å². The SMILES string of the molecule is Cl.O=C(c1ccc(Cl)cc1)N1CCC2(CC1)N[C@@H](Cc1ccccc1)C(=O)N2Cc1ccccc1. The van der Waals surface area contributed by atoms with Crippen molar-refractivity contribution >= 4 is 35.8 Å². The molecule has 2 amide bonds. The zero-order valence-corrected chi connectivity index (χ0v) is 21.0. The Kier molecular flexibility index (Phi) is 7.80. The number of nitrogens with one attached hydrogen (secondary N) is 1. The molecular formula is C28H29Cl2N3O2. The van der Waals surface area contributed by atoms with Crippen molar-refractivity contribution in [3.8, 4) is 0 Å². The number of carbonyl (C=O) groups is 2. The van der Waals surface area contributed by atoms with Crippen LogP contribution in [-0.2, 0) is 17.8 Å². The molecular weight excluding hydrogens is 481 g/mol. The van der Waals surface area contributed by atoms with Crippen LogP contribution >= 0.6 is 24.0 Å². The van der Waals surface area contributed by atoms with Gasteiger partial charge in [-0.25, -0.2) is 0 Å². The first kappa shape index (κ1) is 25.2. The largest absolute Gasteiger partial charge is 0.338 e. The van der Waals surface area contributed by atoms with Crippen LogP contribution in [0.3, 0.4) is 0 Å². The zero-order chi connectivity index (χ0) is 23.5. The second-order valence-electron chi connectivity index (χ2n) is 9.13. The predicted octanol–water partition coefficient (Wildman–Crippen LogP) is 4.94. The first-order valence-corrected chi connectivity index (χ1v) is 12.1. The average Bonchev–Trinajstić information content (AvgIpc) is 3.11. The summed E-state index contributed by atoms with van der Waals surface area (Å²) in [7, 11) is 0. The highest BCUT2D eigenvalue weighted by atomic mass is 35.5. The number of piperidine rings is 1. The Hall–Kier alpha value is -2.86. The topological polar surface area (TPSA) is 52.7 Å². The Morgan fingerprint density at radius 1 is 0.886 bits per heavy atom. The van der Waals surface area contributed by atoms with E-state index < -0.39 is 5.66 Å². The number of amides is 2. The Labute approximate surface area is 217 Å². The van der Waals surface area contributed by atoms with Crippen LogP contribution in [0.4, 0.5) is 0 Å². The second kappa shape index (κ2) is 10.8. The van der Waals surface area contributed by atoms with Crippen molar-refractivity contribution in [1.82, 2.24) is 15.1 Å². The molecule has 5 rings (SSSR count). The smallest absolute Gasteiger partial charge is 0.253 e. The number of nitrogens with zero attached hydrogens (tertiary/aromatic N) is 2. The molecule has 0 aromatic heterocycles. The van der Waals surface area contributed by atoms with Crippen LogP contribution in [0.5, 0.6) is 0 Å². The Morgan fingerprint density at radius 2 is 1.46 bits per heavy atom. The summed E-state index contributed by atoms with van der Waals surface area (Å²) < 4.78 is 0. The molecule has 3 aromatic rings. The van der Waals surface area contributed by atoms with Crippen LogP contribution in [0.15, 0.2) is 84.9 Å². The molecule has 2 fully saturated rings.